The van der Waals surface area contributed by atoms with Gasteiger partial charge in [-0.3, -0.25) is 4.90 Å². The molecule has 0 bridgehead atoms. The van der Waals surface area contributed by atoms with Crippen LogP contribution in [0.5, 0.6) is 0 Å². The smallest absolute Gasteiger partial charge is 0.0457 e. The van der Waals surface area contributed by atoms with Crippen molar-refractivity contribution in [1.29, 1.82) is 0 Å². The highest BCUT2D eigenvalue weighted by molar-refractivity contribution is 5.83. The van der Waals surface area contributed by atoms with Crippen molar-refractivity contribution in [2.45, 2.75) is 13.5 Å². The maximum atomic E-state index is 3.39. The van der Waals surface area contributed by atoms with E-state index in [1.165, 1.54) is 22.0 Å². The molecule has 0 radical (unpaired) electrons. The van der Waals surface area contributed by atoms with Gasteiger partial charge in [-0.05, 0) is 24.6 Å². The third-order valence-electron chi connectivity index (χ3n) is 3.53. The molecule has 90 valence electrons. The number of hydrogen-bond acceptors (Lipinski definition) is 2. The largest absolute Gasteiger partial charge is 0.361 e. The van der Waals surface area contributed by atoms with Crippen molar-refractivity contribution >= 4 is 10.9 Å². The Hall–Kier alpha value is -1.32. The summed E-state index contributed by atoms with van der Waals surface area (Å²) in [7, 11) is 0. The molecule has 2 N–H and O–H groups in total. The van der Waals surface area contributed by atoms with E-state index in [0.717, 1.165) is 32.7 Å². The molecule has 1 fully saturated rings. The summed E-state index contributed by atoms with van der Waals surface area (Å²) in [5, 5.41) is 4.77. The van der Waals surface area contributed by atoms with Crippen LogP contribution in [0.3, 0.4) is 0 Å². The minimum atomic E-state index is 1.06. The van der Waals surface area contributed by atoms with Crippen molar-refractivity contribution in [3.05, 3.63) is 35.5 Å². The maximum Gasteiger partial charge on any atom is 0.0457 e. The van der Waals surface area contributed by atoms with E-state index in [1.807, 2.05) is 0 Å². The molecule has 0 amide bonds. The summed E-state index contributed by atoms with van der Waals surface area (Å²) in [6.07, 6.45) is 2.16. The third-order valence-corrected chi connectivity index (χ3v) is 3.53. The zero-order valence-electron chi connectivity index (χ0n) is 10.3. The predicted molar refractivity (Wildman–Crippen MR) is 71.2 cm³/mol. The summed E-state index contributed by atoms with van der Waals surface area (Å²) in [6.45, 7) is 7.74. The fourth-order valence-electron chi connectivity index (χ4n) is 2.53. The van der Waals surface area contributed by atoms with Gasteiger partial charge >= 0.3 is 0 Å². The molecular weight excluding hydrogens is 210 g/mol. The van der Waals surface area contributed by atoms with Gasteiger partial charge in [0.1, 0.15) is 0 Å². The minimum absolute atomic E-state index is 1.06. The highest BCUT2D eigenvalue weighted by Crippen LogP contribution is 2.21. The van der Waals surface area contributed by atoms with Crippen molar-refractivity contribution in [2.24, 2.45) is 0 Å². The summed E-state index contributed by atoms with van der Waals surface area (Å²) < 4.78 is 0. The Morgan fingerprint density at radius 1 is 1.24 bits per heavy atom. The van der Waals surface area contributed by atoms with Crippen LogP contribution in [0, 0.1) is 6.92 Å². The molecule has 1 aliphatic heterocycles. The lowest BCUT2D eigenvalue weighted by molar-refractivity contribution is 0.234. The van der Waals surface area contributed by atoms with Crippen LogP contribution in [-0.2, 0) is 6.54 Å². The number of aromatic nitrogens is 1. The third kappa shape index (κ3) is 2.21. The number of aromatic amines is 1. The monoisotopic (exact) mass is 229 g/mol. The van der Waals surface area contributed by atoms with E-state index in [2.05, 4.69) is 46.5 Å². The Kier molecular flexibility index (Phi) is 2.87. The van der Waals surface area contributed by atoms with Gasteiger partial charge in [-0.1, -0.05) is 11.6 Å². The molecule has 17 heavy (non-hydrogen) atoms. The Morgan fingerprint density at radius 3 is 2.88 bits per heavy atom. The lowest BCUT2D eigenvalue weighted by Crippen LogP contribution is -2.42. The van der Waals surface area contributed by atoms with Crippen molar-refractivity contribution in [2.75, 3.05) is 26.2 Å². The Bertz CT molecular complexity index is 509. The van der Waals surface area contributed by atoms with Crippen LogP contribution in [-0.4, -0.2) is 36.1 Å². The van der Waals surface area contributed by atoms with E-state index in [0.29, 0.717) is 0 Å². The second kappa shape index (κ2) is 4.51. The van der Waals surface area contributed by atoms with Gasteiger partial charge in [0, 0.05) is 49.8 Å². The maximum absolute atomic E-state index is 3.39. The number of hydrogen-bond donors (Lipinski definition) is 2. The first-order chi connectivity index (χ1) is 8.33. The molecule has 0 unspecified atom stereocenters. The quantitative estimate of drug-likeness (QED) is 0.824. The van der Waals surface area contributed by atoms with Gasteiger partial charge in [-0.25, -0.2) is 0 Å². The molecule has 1 aliphatic rings. The van der Waals surface area contributed by atoms with Gasteiger partial charge in [0.15, 0.2) is 0 Å². The van der Waals surface area contributed by atoms with Crippen LogP contribution in [0.25, 0.3) is 10.9 Å². The summed E-state index contributed by atoms with van der Waals surface area (Å²) in [4.78, 5) is 5.88. The molecule has 3 nitrogen and oxygen atoms in total. The molecule has 3 heteroatoms. The van der Waals surface area contributed by atoms with Crippen LogP contribution in [0.1, 0.15) is 11.1 Å². The molecule has 0 saturated carbocycles. The van der Waals surface area contributed by atoms with Crippen molar-refractivity contribution in [1.82, 2.24) is 15.2 Å². The van der Waals surface area contributed by atoms with Gasteiger partial charge in [0.2, 0.25) is 0 Å². The van der Waals surface area contributed by atoms with E-state index < -0.39 is 0 Å². The van der Waals surface area contributed by atoms with Crippen molar-refractivity contribution < 1.29 is 0 Å². The number of aryl methyl sites for hydroxylation is 1. The highest BCUT2D eigenvalue weighted by Gasteiger charge is 2.12. The summed E-state index contributed by atoms with van der Waals surface area (Å²) in [6, 6.07) is 6.61. The van der Waals surface area contributed by atoms with Crippen LogP contribution >= 0.6 is 0 Å². The van der Waals surface area contributed by atoms with Crippen LogP contribution in [0.4, 0.5) is 0 Å². The predicted octanol–water partition coefficient (Wildman–Crippen LogP) is 1.88. The van der Waals surface area contributed by atoms with Crippen LogP contribution in [0.15, 0.2) is 24.4 Å². The molecule has 3 rings (SSSR count). The average Bonchev–Trinajstić information content (AvgIpc) is 2.73. The van der Waals surface area contributed by atoms with Gasteiger partial charge in [-0.15, -0.1) is 0 Å². The van der Waals surface area contributed by atoms with Crippen molar-refractivity contribution in [3.8, 4) is 0 Å². The molecule has 0 atom stereocenters. The zero-order chi connectivity index (χ0) is 11.7. The van der Waals surface area contributed by atoms with E-state index in [4.69, 9.17) is 0 Å². The van der Waals surface area contributed by atoms with Crippen LogP contribution < -0.4 is 5.32 Å². The Morgan fingerprint density at radius 2 is 2.06 bits per heavy atom. The first-order valence-electron chi connectivity index (χ1n) is 6.32. The number of nitrogens with one attached hydrogen (secondary N) is 2. The lowest BCUT2D eigenvalue weighted by Gasteiger charge is -2.26. The molecule has 2 aromatic rings. The second-order valence-electron chi connectivity index (χ2n) is 4.89. The molecule has 1 saturated heterocycles. The number of nitrogens with zero attached hydrogens (tertiary/aromatic N) is 1. The normalized spacial score (nSPS) is 17.7. The number of benzene rings is 1. The first-order valence-corrected chi connectivity index (χ1v) is 6.32. The first kappa shape index (κ1) is 10.8. The average molecular weight is 229 g/mol. The molecule has 0 spiro atoms. The topological polar surface area (TPSA) is 31.1 Å². The van der Waals surface area contributed by atoms with E-state index in [9.17, 15) is 0 Å². The second-order valence-corrected chi connectivity index (χ2v) is 4.89. The van der Waals surface area contributed by atoms with E-state index >= 15 is 0 Å². The lowest BCUT2D eigenvalue weighted by atomic mass is 10.1. The molecule has 0 aliphatic carbocycles. The SMILES string of the molecule is Cc1ccc2[nH]cc(CN3CCNCC3)c2c1. The number of rotatable bonds is 2. The number of piperazine rings is 1. The molecule has 1 aromatic heterocycles. The Labute approximate surface area is 102 Å². The molecule has 1 aromatic carbocycles. The highest BCUT2D eigenvalue weighted by atomic mass is 15.2. The fraction of sp³-hybridized carbons (Fsp3) is 0.429. The number of H-pyrrole nitrogens is 1. The van der Waals surface area contributed by atoms with Gasteiger partial charge in [0.05, 0.1) is 0 Å². The summed E-state index contributed by atoms with van der Waals surface area (Å²) in [5.74, 6) is 0. The molecular formula is C14H19N3. The zero-order valence-corrected chi connectivity index (χ0v) is 10.3. The van der Waals surface area contributed by atoms with Gasteiger partial charge in [-0.2, -0.15) is 0 Å². The van der Waals surface area contributed by atoms with Gasteiger partial charge in [0.25, 0.3) is 0 Å². The fourth-order valence-corrected chi connectivity index (χ4v) is 2.53. The standard InChI is InChI=1S/C14H19N3/c1-11-2-3-14-13(8-11)12(9-16-14)10-17-6-4-15-5-7-17/h2-3,8-9,15-16H,4-7,10H2,1H3. The number of fused-ring (bicyclic) bond motifs is 1. The summed E-state index contributed by atoms with van der Waals surface area (Å²) >= 11 is 0. The minimum Gasteiger partial charge on any atom is -0.361 e. The molecule has 2 heterocycles. The van der Waals surface area contributed by atoms with E-state index in [-0.39, 0.29) is 0 Å². The van der Waals surface area contributed by atoms with Gasteiger partial charge < -0.3 is 10.3 Å². The van der Waals surface area contributed by atoms with E-state index in [1.54, 1.807) is 0 Å². The Balaban J connectivity index is 1.86. The van der Waals surface area contributed by atoms with Crippen LogP contribution in [0.2, 0.25) is 0 Å². The van der Waals surface area contributed by atoms with Crippen molar-refractivity contribution in [3.63, 3.8) is 0 Å². The summed E-state index contributed by atoms with van der Waals surface area (Å²) in [5.41, 5.74) is 4.00.